The molecule has 1 heterocycles. The Morgan fingerprint density at radius 2 is 2.10 bits per heavy atom. The first kappa shape index (κ1) is 15.6. The number of rotatable bonds is 6. The number of hydrogen-bond acceptors (Lipinski definition) is 5. The number of carbonyl (C=O) groups excluding carboxylic acids is 2. The molecule has 0 fully saturated rings. The van der Waals surface area contributed by atoms with Gasteiger partial charge in [-0.05, 0) is 25.0 Å². The van der Waals surface area contributed by atoms with Gasteiger partial charge < -0.3 is 15.2 Å². The Balaban J connectivity index is 2.68. The quantitative estimate of drug-likeness (QED) is 0.736. The lowest BCUT2D eigenvalue weighted by molar-refractivity contribution is -0.142. The fourth-order valence-corrected chi connectivity index (χ4v) is 1.54. The monoisotopic (exact) mass is 280 g/mol. The second-order valence-electron chi connectivity index (χ2n) is 4.23. The molecule has 0 saturated heterocycles. The summed E-state index contributed by atoms with van der Waals surface area (Å²) in [6.07, 6.45) is 2.82. The Hall–Kier alpha value is -2.44. The van der Waals surface area contributed by atoms with Crippen LogP contribution in [0.15, 0.2) is 18.5 Å². The number of carboxylic acid groups (broad SMARTS) is 1. The van der Waals surface area contributed by atoms with Crippen molar-refractivity contribution in [2.45, 2.75) is 25.8 Å². The summed E-state index contributed by atoms with van der Waals surface area (Å²) in [6.45, 7) is 1.77. The minimum atomic E-state index is -1.21. The lowest BCUT2D eigenvalue weighted by atomic mass is 10.1. The van der Waals surface area contributed by atoms with Gasteiger partial charge >= 0.3 is 11.9 Å². The predicted octanol–water partition coefficient (Wildman–Crippen LogP) is 0.526. The Bertz CT molecular complexity index is 515. The third kappa shape index (κ3) is 4.68. The Labute approximate surface area is 116 Å². The molecule has 0 aliphatic heterocycles. The lowest BCUT2D eigenvalue weighted by Crippen LogP contribution is -2.41. The fourth-order valence-electron chi connectivity index (χ4n) is 1.54. The SMILES string of the molecule is COC(=O)CC[C@@H](NC(=O)c1cncc(C)c1)C(=O)O. The van der Waals surface area contributed by atoms with Gasteiger partial charge in [0, 0.05) is 18.8 Å². The molecule has 0 aromatic carbocycles. The number of carbonyl (C=O) groups is 3. The van der Waals surface area contributed by atoms with Gasteiger partial charge in [0.2, 0.25) is 0 Å². The predicted molar refractivity (Wildman–Crippen MR) is 69.1 cm³/mol. The van der Waals surface area contributed by atoms with Crippen LogP contribution in [-0.4, -0.2) is 41.1 Å². The fraction of sp³-hybridized carbons (Fsp3) is 0.385. The third-order valence-corrected chi connectivity index (χ3v) is 2.61. The molecule has 1 amide bonds. The van der Waals surface area contributed by atoms with Crippen LogP contribution in [0.4, 0.5) is 0 Å². The van der Waals surface area contributed by atoms with Crippen LogP contribution in [0.1, 0.15) is 28.8 Å². The summed E-state index contributed by atoms with van der Waals surface area (Å²) in [4.78, 5) is 37.8. The minimum Gasteiger partial charge on any atom is -0.480 e. The highest BCUT2D eigenvalue weighted by molar-refractivity contribution is 5.96. The Morgan fingerprint density at radius 1 is 1.40 bits per heavy atom. The summed E-state index contributed by atoms with van der Waals surface area (Å²) in [5.74, 6) is -2.27. The highest BCUT2D eigenvalue weighted by atomic mass is 16.5. The van der Waals surface area contributed by atoms with Gasteiger partial charge in [-0.2, -0.15) is 0 Å². The minimum absolute atomic E-state index is 0.0347. The highest BCUT2D eigenvalue weighted by Crippen LogP contribution is 2.04. The molecule has 0 aliphatic rings. The normalized spacial score (nSPS) is 11.5. The van der Waals surface area contributed by atoms with Crippen LogP contribution in [0.3, 0.4) is 0 Å². The molecule has 0 spiro atoms. The van der Waals surface area contributed by atoms with Crippen molar-refractivity contribution in [3.8, 4) is 0 Å². The van der Waals surface area contributed by atoms with Crippen molar-refractivity contribution in [3.63, 3.8) is 0 Å². The average molecular weight is 280 g/mol. The molecule has 108 valence electrons. The summed E-state index contributed by atoms with van der Waals surface area (Å²) in [7, 11) is 1.22. The maximum absolute atomic E-state index is 11.9. The van der Waals surface area contributed by atoms with E-state index in [1.54, 1.807) is 19.2 Å². The average Bonchev–Trinajstić information content (AvgIpc) is 2.42. The van der Waals surface area contributed by atoms with Crippen molar-refractivity contribution >= 4 is 17.8 Å². The van der Waals surface area contributed by atoms with Gasteiger partial charge in [0.25, 0.3) is 5.91 Å². The number of hydrogen-bond donors (Lipinski definition) is 2. The van der Waals surface area contributed by atoms with Gasteiger partial charge in [-0.15, -0.1) is 0 Å². The number of esters is 1. The van der Waals surface area contributed by atoms with Crippen LogP contribution in [0.25, 0.3) is 0 Å². The van der Waals surface area contributed by atoms with Crippen LogP contribution in [-0.2, 0) is 14.3 Å². The standard InChI is InChI=1S/C13H16N2O5/c1-8-5-9(7-14-6-8)12(17)15-10(13(18)19)3-4-11(16)20-2/h5-7,10H,3-4H2,1-2H3,(H,15,17)(H,18,19)/t10-/m1/s1. The van der Waals surface area contributed by atoms with Crippen molar-refractivity contribution in [3.05, 3.63) is 29.6 Å². The molecular formula is C13H16N2O5. The maximum Gasteiger partial charge on any atom is 0.326 e. The van der Waals surface area contributed by atoms with E-state index in [2.05, 4.69) is 15.0 Å². The number of nitrogens with one attached hydrogen (secondary N) is 1. The second-order valence-corrected chi connectivity index (χ2v) is 4.23. The van der Waals surface area contributed by atoms with E-state index >= 15 is 0 Å². The van der Waals surface area contributed by atoms with Crippen molar-refractivity contribution in [1.82, 2.24) is 10.3 Å². The van der Waals surface area contributed by atoms with Gasteiger partial charge in [0.15, 0.2) is 0 Å². The van der Waals surface area contributed by atoms with Gasteiger partial charge in [-0.25, -0.2) is 4.79 Å². The van der Waals surface area contributed by atoms with Gasteiger partial charge in [0.1, 0.15) is 6.04 Å². The van der Waals surface area contributed by atoms with Crippen molar-refractivity contribution in [1.29, 1.82) is 0 Å². The van der Waals surface area contributed by atoms with E-state index in [-0.39, 0.29) is 18.4 Å². The summed E-state index contributed by atoms with van der Waals surface area (Å²) < 4.78 is 4.43. The van der Waals surface area contributed by atoms with E-state index in [4.69, 9.17) is 5.11 Å². The molecular weight excluding hydrogens is 264 g/mol. The molecule has 7 nitrogen and oxygen atoms in total. The third-order valence-electron chi connectivity index (χ3n) is 2.61. The number of amides is 1. The molecule has 0 radical (unpaired) electrons. The molecule has 1 rings (SSSR count). The van der Waals surface area contributed by atoms with Crippen molar-refractivity contribution < 1.29 is 24.2 Å². The van der Waals surface area contributed by atoms with Crippen LogP contribution < -0.4 is 5.32 Å². The summed E-state index contributed by atoms with van der Waals surface area (Å²) in [6, 6.07) is 0.448. The molecule has 2 N–H and O–H groups in total. The van der Waals surface area contributed by atoms with Gasteiger partial charge in [0.05, 0.1) is 12.7 Å². The molecule has 1 atom stereocenters. The Kier molecular flexibility index (Phi) is 5.64. The van der Waals surface area contributed by atoms with Crippen LogP contribution in [0.5, 0.6) is 0 Å². The van der Waals surface area contributed by atoms with E-state index in [0.29, 0.717) is 0 Å². The largest absolute Gasteiger partial charge is 0.480 e. The smallest absolute Gasteiger partial charge is 0.326 e. The van der Waals surface area contributed by atoms with Crippen LogP contribution >= 0.6 is 0 Å². The number of carboxylic acids is 1. The Morgan fingerprint density at radius 3 is 2.65 bits per heavy atom. The summed E-state index contributed by atoms with van der Waals surface area (Å²) in [5, 5.41) is 11.4. The molecule has 1 aromatic rings. The zero-order chi connectivity index (χ0) is 15.1. The number of pyridine rings is 1. The van der Waals surface area contributed by atoms with E-state index in [9.17, 15) is 14.4 Å². The lowest BCUT2D eigenvalue weighted by Gasteiger charge is -2.13. The van der Waals surface area contributed by atoms with Gasteiger partial charge in [-0.3, -0.25) is 14.6 Å². The topological polar surface area (TPSA) is 106 Å². The number of aromatic nitrogens is 1. The molecule has 20 heavy (non-hydrogen) atoms. The van der Waals surface area contributed by atoms with Gasteiger partial charge in [-0.1, -0.05) is 0 Å². The summed E-state index contributed by atoms with van der Waals surface area (Å²) >= 11 is 0. The molecule has 1 aromatic heterocycles. The molecule has 0 bridgehead atoms. The maximum atomic E-state index is 11.9. The number of ether oxygens (including phenoxy) is 1. The van der Waals surface area contributed by atoms with E-state index in [1.165, 1.54) is 13.3 Å². The number of aliphatic carboxylic acids is 1. The number of aryl methyl sites for hydroxylation is 1. The van der Waals surface area contributed by atoms with E-state index in [0.717, 1.165) is 5.56 Å². The number of nitrogens with zero attached hydrogens (tertiary/aromatic N) is 1. The second kappa shape index (κ2) is 7.22. The zero-order valence-electron chi connectivity index (χ0n) is 11.3. The molecule has 0 unspecified atom stereocenters. The first-order valence-corrected chi connectivity index (χ1v) is 5.96. The molecule has 7 heteroatoms. The van der Waals surface area contributed by atoms with E-state index < -0.39 is 23.9 Å². The molecule has 0 saturated carbocycles. The van der Waals surface area contributed by atoms with Crippen molar-refractivity contribution in [2.75, 3.05) is 7.11 Å². The zero-order valence-corrected chi connectivity index (χ0v) is 11.3. The molecule has 0 aliphatic carbocycles. The van der Waals surface area contributed by atoms with E-state index in [1.807, 2.05) is 0 Å². The first-order valence-electron chi connectivity index (χ1n) is 5.96. The number of methoxy groups -OCH3 is 1. The summed E-state index contributed by atoms with van der Waals surface area (Å²) in [5.41, 5.74) is 1.06. The van der Waals surface area contributed by atoms with Crippen molar-refractivity contribution in [2.24, 2.45) is 0 Å². The first-order chi connectivity index (χ1) is 9.43. The van der Waals surface area contributed by atoms with Crippen LogP contribution in [0, 0.1) is 6.92 Å². The van der Waals surface area contributed by atoms with Crippen LogP contribution in [0.2, 0.25) is 0 Å². The highest BCUT2D eigenvalue weighted by Gasteiger charge is 2.22.